The summed E-state index contributed by atoms with van der Waals surface area (Å²) >= 11 is 3.18. The summed E-state index contributed by atoms with van der Waals surface area (Å²) in [5.41, 5.74) is 5.06. The monoisotopic (exact) mass is 673 g/mol. The Balaban J connectivity index is 0.00000442. The average Bonchev–Trinajstić information content (AvgIpc) is 3.62. The number of carboxylic acids is 1. The van der Waals surface area contributed by atoms with Crippen molar-refractivity contribution in [3.8, 4) is 5.75 Å². The first-order valence-electron chi connectivity index (χ1n) is 11.9. The van der Waals surface area contributed by atoms with Gasteiger partial charge in [-0.3, -0.25) is 19.3 Å². The Bertz CT molecular complexity index is 1720. The maximum Gasteiger partial charge on any atom is 1.00 e. The van der Waals surface area contributed by atoms with Crippen molar-refractivity contribution >= 4 is 63.7 Å². The van der Waals surface area contributed by atoms with Gasteiger partial charge in [0.25, 0.3) is 11.8 Å². The number of aliphatic carboxylic acids is 1. The minimum Gasteiger partial charge on any atom is -0.543 e. The van der Waals surface area contributed by atoms with E-state index < -0.39 is 40.4 Å². The smallest absolute Gasteiger partial charge is 0.543 e. The molecule has 1 fully saturated rings. The molecular formula is C21H20N11NaO8S3. The third-order valence-corrected chi connectivity index (χ3v) is 8.96. The molecule has 0 aliphatic carbocycles. The molecular weight excluding hydrogens is 653 g/mol. The van der Waals surface area contributed by atoms with E-state index in [0.29, 0.717) is 11.3 Å². The molecule has 0 bridgehead atoms. The Hall–Kier alpha value is -3.70. The number of carbonyl (C=O) groups is 3. The van der Waals surface area contributed by atoms with E-state index in [1.54, 1.807) is 0 Å². The van der Waals surface area contributed by atoms with Gasteiger partial charge in [-0.1, -0.05) is 16.9 Å². The van der Waals surface area contributed by atoms with Crippen LogP contribution in [-0.2, 0) is 25.8 Å². The first-order chi connectivity index (χ1) is 20.6. The van der Waals surface area contributed by atoms with Gasteiger partial charge in [0, 0.05) is 29.1 Å². The number of oxime groups is 1. The predicted molar refractivity (Wildman–Crippen MR) is 147 cm³/mol. The summed E-state index contributed by atoms with van der Waals surface area (Å²) in [6.45, 7) is -0.00866. The molecule has 4 N–H and O–H groups in total. The molecule has 2 aliphatic rings. The number of aromatic nitrogens is 7. The molecule has 3 aromatic rings. The summed E-state index contributed by atoms with van der Waals surface area (Å²) in [5, 5.41) is 39.2. The first-order valence-corrected chi connectivity index (χ1v) is 14.7. The first kappa shape index (κ1) is 33.2. The maximum atomic E-state index is 13.1. The zero-order valence-electron chi connectivity index (χ0n) is 23.1. The molecule has 2 aliphatic heterocycles. The number of nitrogens with one attached hydrogen (secondary N) is 1. The van der Waals surface area contributed by atoms with Crippen molar-refractivity contribution in [2.45, 2.75) is 23.1 Å². The molecule has 23 heteroatoms. The summed E-state index contributed by atoms with van der Waals surface area (Å²) in [6, 6.07) is 0.108. The maximum absolute atomic E-state index is 13.1. The molecule has 0 radical (unpaired) electrons. The number of carboxylic acid groups (broad SMARTS) is 1. The summed E-state index contributed by atoms with van der Waals surface area (Å²) in [5.74, 6) is -3.34. The van der Waals surface area contributed by atoms with Crippen molar-refractivity contribution in [2.75, 3.05) is 31.5 Å². The van der Waals surface area contributed by atoms with Crippen LogP contribution in [0.15, 0.2) is 38.6 Å². The van der Waals surface area contributed by atoms with Crippen LogP contribution in [0.4, 0.5) is 5.13 Å². The quantitative estimate of drug-likeness (QED) is 0.0562. The van der Waals surface area contributed by atoms with Crippen LogP contribution in [-0.4, -0.2) is 105 Å². The Kier molecular flexibility index (Phi) is 10.5. The van der Waals surface area contributed by atoms with Gasteiger partial charge in [0.05, 0.1) is 30.1 Å². The van der Waals surface area contributed by atoms with Gasteiger partial charge in [0.2, 0.25) is 22.1 Å². The van der Waals surface area contributed by atoms with Gasteiger partial charge < -0.3 is 35.7 Å². The van der Waals surface area contributed by atoms with E-state index in [9.17, 15) is 29.4 Å². The fraction of sp³-hybridized carbons (Fsp3) is 0.333. The van der Waals surface area contributed by atoms with Crippen LogP contribution in [0.3, 0.4) is 0 Å². The molecule has 0 spiro atoms. The second-order valence-corrected chi connectivity index (χ2v) is 11.4. The van der Waals surface area contributed by atoms with Crippen LogP contribution in [0.25, 0.3) is 0 Å². The molecule has 0 saturated carbocycles. The number of β-lactam (4-membered cyclic amide) rings is 1. The predicted octanol–water partition coefficient (Wildman–Crippen LogP) is -6.37. The van der Waals surface area contributed by atoms with Gasteiger partial charge in [-0.15, -0.1) is 16.9 Å². The molecule has 226 valence electrons. The summed E-state index contributed by atoms with van der Waals surface area (Å²) in [4.78, 5) is 64.9. The molecule has 2 atom stereocenters. The zero-order valence-corrected chi connectivity index (χ0v) is 27.5. The summed E-state index contributed by atoms with van der Waals surface area (Å²) < 4.78 is 6.47. The molecule has 0 unspecified atom stereocenters. The fourth-order valence-corrected chi connectivity index (χ4v) is 6.93. The van der Waals surface area contributed by atoms with Crippen molar-refractivity contribution in [1.29, 1.82) is 0 Å². The topological polar surface area (TPSA) is 258 Å². The van der Waals surface area contributed by atoms with E-state index in [2.05, 4.69) is 35.4 Å². The fourth-order valence-electron chi connectivity index (χ4n) is 4.13. The van der Waals surface area contributed by atoms with Gasteiger partial charge in [0.1, 0.15) is 25.6 Å². The minimum atomic E-state index is -1.56. The van der Waals surface area contributed by atoms with E-state index in [0.717, 1.165) is 34.4 Å². The zero-order chi connectivity index (χ0) is 30.8. The van der Waals surface area contributed by atoms with Crippen molar-refractivity contribution in [1.82, 2.24) is 44.5 Å². The molecule has 2 amide bonds. The van der Waals surface area contributed by atoms with Gasteiger partial charge in [0.15, 0.2) is 10.9 Å². The van der Waals surface area contributed by atoms with E-state index in [4.69, 9.17) is 15.4 Å². The van der Waals surface area contributed by atoms with Crippen molar-refractivity contribution < 1.29 is 63.8 Å². The van der Waals surface area contributed by atoms with Gasteiger partial charge >= 0.3 is 29.6 Å². The number of nitrogens with two attached hydrogens (primary N) is 1. The SMILES string of the molecule is CO/N=C(\C(=O)N[C@@H]1C(=O)N2C(C(=O)[O-])=C(CSc3nnnn3Cc3cc(=O)c(O)cn3OC)CS[C@@H]12)c1nsc(N)n1.[Na+]. The number of amides is 2. The van der Waals surface area contributed by atoms with Crippen LogP contribution in [0.1, 0.15) is 11.5 Å². The van der Waals surface area contributed by atoms with E-state index in [1.807, 2.05) is 0 Å². The Labute approximate surface area is 281 Å². The number of tetrazole rings is 1. The third-order valence-electron chi connectivity index (χ3n) is 6.03. The molecule has 19 nitrogen and oxygen atoms in total. The number of hydrogen-bond donors (Lipinski definition) is 3. The van der Waals surface area contributed by atoms with Crippen molar-refractivity contribution in [3.63, 3.8) is 0 Å². The van der Waals surface area contributed by atoms with E-state index >= 15 is 0 Å². The van der Waals surface area contributed by atoms with Gasteiger partial charge in [-0.25, -0.2) is 4.68 Å². The van der Waals surface area contributed by atoms with E-state index in [-0.39, 0.29) is 75.1 Å². The van der Waals surface area contributed by atoms with Crippen molar-refractivity contribution in [3.05, 3.63) is 45.3 Å². The Morgan fingerprint density at radius 1 is 1.34 bits per heavy atom. The molecule has 3 aromatic heterocycles. The number of nitrogens with zero attached hydrogens (tertiary/aromatic N) is 9. The second kappa shape index (κ2) is 13.9. The Morgan fingerprint density at radius 2 is 2.11 bits per heavy atom. The summed E-state index contributed by atoms with van der Waals surface area (Å²) in [7, 11) is 2.56. The molecule has 5 rings (SSSR count). The number of carbonyl (C=O) groups excluding carboxylic acids is 3. The average molecular weight is 674 g/mol. The molecule has 44 heavy (non-hydrogen) atoms. The van der Waals surface area contributed by atoms with Gasteiger partial charge in [-0.2, -0.15) is 14.1 Å². The number of rotatable bonds is 11. The van der Waals surface area contributed by atoms with Crippen molar-refractivity contribution in [2.24, 2.45) is 5.16 Å². The van der Waals surface area contributed by atoms with Crippen LogP contribution in [0, 0.1) is 0 Å². The minimum absolute atomic E-state index is 0. The molecule has 5 heterocycles. The third kappa shape index (κ3) is 6.53. The largest absolute Gasteiger partial charge is 1.00 e. The van der Waals surface area contributed by atoms with Crippen LogP contribution < -0.4 is 56.0 Å². The molecule has 1 saturated heterocycles. The van der Waals surface area contributed by atoms with Crippen LogP contribution in [0.5, 0.6) is 5.75 Å². The second-order valence-electron chi connectivity index (χ2n) is 8.61. The number of thioether (sulfide) groups is 2. The number of pyridine rings is 1. The van der Waals surface area contributed by atoms with E-state index in [1.165, 1.54) is 41.5 Å². The number of nitrogen functional groups attached to an aromatic ring is 1. The van der Waals surface area contributed by atoms with Crippen LogP contribution >= 0.6 is 35.1 Å². The van der Waals surface area contributed by atoms with Gasteiger partial charge in [-0.05, 0) is 16.0 Å². The standard InChI is InChI=1S/C21H21N11O8S3.Na/c1-39-26-12(15-24-20(22)43-27-15)16(35)23-13-17(36)32-14(19(37)38)8(6-41-18(13)32)7-42-21-25-28-29-30(21)4-9-3-10(33)11(34)5-31(9)40-2;/h3,5,13,18,34H,4,6-7H2,1-2H3,(H,23,35)(H,37,38)(H2,22,24,27);/q;+1/p-1/b26-12-;/t13-,18+;/m1./s1. The Morgan fingerprint density at radius 3 is 2.77 bits per heavy atom. The molecule has 0 aromatic carbocycles. The normalized spacial score (nSPS) is 17.8. The summed E-state index contributed by atoms with van der Waals surface area (Å²) in [6.07, 6.45) is 1.11. The number of fused-ring (bicyclic) bond motifs is 1. The number of anilines is 1. The number of hydrogen-bond acceptors (Lipinski definition) is 18. The van der Waals surface area contributed by atoms with Crippen LogP contribution in [0.2, 0.25) is 0 Å². The number of aromatic hydroxyl groups is 1.